The van der Waals surface area contributed by atoms with Crippen molar-refractivity contribution >= 4 is 11.6 Å². The van der Waals surface area contributed by atoms with Crippen LogP contribution in [-0.2, 0) is 13.0 Å². The normalized spacial score (nSPS) is 16.9. The minimum Gasteiger partial charge on any atom is -0.490 e. The standard InChI is InChI=1S/C17H18ClNO/c1-11-7-14-9-13(4-6-17(14)20-11)15-5-3-12(10-19-2)8-16(15)18/h3-6,8-9,11,19H,7,10H2,1-2H3. The topological polar surface area (TPSA) is 21.3 Å². The molecule has 0 spiro atoms. The second-order valence-corrected chi connectivity index (χ2v) is 5.71. The summed E-state index contributed by atoms with van der Waals surface area (Å²) in [5, 5.41) is 3.93. The minimum absolute atomic E-state index is 0.272. The van der Waals surface area contributed by atoms with Gasteiger partial charge in [-0.25, -0.2) is 0 Å². The van der Waals surface area contributed by atoms with E-state index in [1.54, 1.807) is 0 Å². The molecule has 1 atom stereocenters. The Hall–Kier alpha value is -1.51. The van der Waals surface area contributed by atoms with Gasteiger partial charge in [0.2, 0.25) is 0 Å². The van der Waals surface area contributed by atoms with Crippen LogP contribution >= 0.6 is 11.6 Å². The monoisotopic (exact) mass is 287 g/mol. The Morgan fingerprint density at radius 2 is 2.10 bits per heavy atom. The fourth-order valence-electron chi connectivity index (χ4n) is 2.70. The molecule has 1 unspecified atom stereocenters. The summed E-state index contributed by atoms with van der Waals surface area (Å²) in [4.78, 5) is 0. The van der Waals surface area contributed by atoms with E-state index in [2.05, 4.69) is 36.5 Å². The number of benzene rings is 2. The molecule has 0 saturated carbocycles. The molecule has 0 fully saturated rings. The van der Waals surface area contributed by atoms with Gasteiger partial charge < -0.3 is 10.1 Å². The molecule has 0 aromatic heterocycles. The number of hydrogen-bond acceptors (Lipinski definition) is 2. The van der Waals surface area contributed by atoms with E-state index >= 15 is 0 Å². The molecule has 20 heavy (non-hydrogen) atoms. The van der Waals surface area contributed by atoms with Crippen LogP contribution in [0.4, 0.5) is 0 Å². The van der Waals surface area contributed by atoms with Crippen molar-refractivity contribution in [3.63, 3.8) is 0 Å². The lowest BCUT2D eigenvalue weighted by molar-refractivity contribution is 0.254. The molecule has 104 valence electrons. The zero-order valence-electron chi connectivity index (χ0n) is 11.7. The predicted molar refractivity (Wildman–Crippen MR) is 83.4 cm³/mol. The average molecular weight is 288 g/mol. The molecule has 2 nitrogen and oxygen atoms in total. The number of hydrogen-bond donors (Lipinski definition) is 1. The van der Waals surface area contributed by atoms with Crippen LogP contribution in [0, 0.1) is 0 Å². The first-order valence-corrected chi connectivity index (χ1v) is 7.28. The molecule has 1 heterocycles. The maximum atomic E-state index is 6.42. The van der Waals surface area contributed by atoms with E-state index in [4.69, 9.17) is 16.3 Å². The van der Waals surface area contributed by atoms with Crippen LogP contribution < -0.4 is 10.1 Å². The molecule has 2 aromatic carbocycles. The van der Waals surface area contributed by atoms with Crippen LogP contribution in [0.15, 0.2) is 36.4 Å². The molecule has 0 aliphatic carbocycles. The van der Waals surface area contributed by atoms with Crippen molar-refractivity contribution in [3.05, 3.63) is 52.5 Å². The highest BCUT2D eigenvalue weighted by Crippen LogP contribution is 2.35. The van der Waals surface area contributed by atoms with E-state index in [1.807, 2.05) is 19.2 Å². The first-order chi connectivity index (χ1) is 9.67. The molecule has 0 radical (unpaired) electrons. The van der Waals surface area contributed by atoms with Crippen molar-refractivity contribution in [2.45, 2.75) is 26.0 Å². The molecular formula is C17H18ClNO. The number of rotatable bonds is 3. The number of nitrogens with one attached hydrogen (secondary N) is 1. The Balaban J connectivity index is 1.96. The van der Waals surface area contributed by atoms with Crippen LogP contribution in [0.2, 0.25) is 5.02 Å². The van der Waals surface area contributed by atoms with Crippen molar-refractivity contribution < 1.29 is 4.74 Å². The van der Waals surface area contributed by atoms with E-state index in [0.717, 1.165) is 34.9 Å². The van der Waals surface area contributed by atoms with E-state index in [9.17, 15) is 0 Å². The minimum atomic E-state index is 0.272. The van der Waals surface area contributed by atoms with Gasteiger partial charge in [0.25, 0.3) is 0 Å². The SMILES string of the molecule is CNCc1ccc(-c2ccc3c(c2)CC(C)O3)c(Cl)c1. The predicted octanol–water partition coefficient (Wildman–Crippen LogP) is 4.05. The Morgan fingerprint density at radius 1 is 1.25 bits per heavy atom. The first kappa shape index (κ1) is 13.5. The van der Waals surface area contributed by atoms with Crippen LogP contribution in [0.3, 0.4) is 0 Å². The second-order valence-electron chi connectivity index (χ2n) is 5.30. The van der Waals surface area contributed by atoms with Gasteiger partial charge in [-0.15, -0.1) is 0 Å². The van der Waals surface area contributed by atoms with Gasteiger partial charge in [-0.3, -0.25) is 0 Å². The summed E-state index contributed by atoms with van der Waals surface area (Å²) >= 11 is 6.42. The van der Waals surface area contributed by atoms with Crippen molar-refractivity contribution in [2.75, 3.05) is 7.05 Å². The largest absolute Gasteiger partial charge is 0.490 e. The van der Waals surface area contributed by atoms with E-state index in [-0.39, 0.29) is 6.10 Å². The Kier molecular flexibility index (Phi) is 3.68. The van der Waals surface area contributed by atoms with Gasteiger partial charge in [-0.1, -0.05) is 29.8 Å². The van der Waals surface area contributed by atoms with E-state index in [0.29, 0.717) is 0 Å². The molecule has 1 aliphatic rings. The molecular weight excluding hydrogens is 270 g/mol. The lowest BCUT2D eigenvalue weighted by Gasteiger charge is -2.09. The third-order valence-corrected chi connectivity index (χ3v) is 3.93. The number of ether oxygens (including phenoxy) is 1. The Morgan fingerprint density at radius 3 is 2.85 bits per heavy atom. The van der Waals surface area contributed by atoms with Crippen molar-refractivity contribution in [1.29, 1.82) is 0 Å². The summed E-state index contributed by atoms with van der Waals surface area (Å²) in [7, 11) is 1.93. The summed E-state index contributed by atoms with van der Waals surface area (Å²) in [5.74, 6) is 1.00. The smallest absolute Gasteiger partial charge is 0.123 e. The summed E-state index contributed by atoms with van der Waals surface area (Å²) in [6, 6.07) is 12.6. The van der Waals surface area contributed by atoms with Crippen molar-refractivity contribution in [1.82, 2.24) is 5.32 Å². The quantitative estimate of drug-likeness (QED) is 0.919. The van der Waals surface area contributed by atoms with Gasteiger partial charge in [0.05, 0.1) is 0 Å². The number of halogens is 1. The van der Waals surface area contributed by atoms with Crippen molar-refractivity contribution in [2.24, 2.45) is 0 Å². The summed E-state index contributed by atoms with van der Waals surface area (Å²) < 4.78 is 5.74. The van der Waals surface area contributed by atoms with Crippen LogP contribution in [0.1, 0.15) is 18.1 Å². The van der Waals surface area contributed by atoms with Gasteiger partial charge >= 0.3 is 0 Å². The molecule has 0 saturated heterocycles. The molecule has 1 aliphatic heterocycles. The zero-order valence-corrected chi connectivity index (χ0v) is 12.5. The van der Waals surface area contributed by atoms with Gasteiger partial charge in [-0.2, -0.15) is 0 Å². The van der Waals surface area contributed by atoms with Crippen LogP contribution in [-0.4, -0.2) is 13.2 Å². The van der Waals surface area contributed by atoms with Crippen LogP contribution in [0.25, 0.3) is 11.1 Å². The highest BCUT2D eigenvalue weighted by Gasteiger charge is 2.19. The first-order valence-electron chi connectivity index (χ1n) is 6.90. The third-order valence-electron chi connectivity index (χ3n) is 3.62. The second kappa shape index (κ2) is 5.47. The van der Waals surface area contributed by atoms with E-state index in [1.165, 1.54) is 11.1 Å². The summed E-state index contributed by atoms with van der Waals surface area (Å²) in [5.41, 5.74) is 4.70. The van der Waals surface area contributed by atoms with Gasteiger partial charge in [0, 0.05) is 23.6 Å². The third kappa shape index (κ3) is 2.54. The van der Waals surface area contributed by atoms with Crippen molar-refractivity contribution in [3.8, 4) is 16.9 Å². The molecule has 3 rings (SSSR count). The molecule has 1 N–H and O–H groups in total. The molecule has 3 heteroatoms. The maximum Gasteiger partial charge on any atom is 0.123 e. The Labute approximate surface area is 124 Å². The molecule has 0 amide bonds. The van der Waals surface area contributed by atoms with E-state index < -0.39 is 0 Å². The maximum absolute atomic E-state index is 6.42. The fraction of sp³-hybridized carbons (Fsp3) is 0.294. The number of fused-ring (bicyclic) bond motifs is 1. The lowest BCUT2D eigenvalue weighted by Crippen LogP contribution is -2.05. The summed E-state index contributed by atoms with van der Waals surface area (Å²) in [6.07, 6.45) is 1.24. The fourth-order valence-corrected chi connectivity index (χ4v) is 3.01. The highest BCUT2D eigenvalue weighted by molar-refractivity contribution is 6.33. The molecule has 0 bridgehead atoms. The molecule has 2 aromatic rings. The van der Waals surface area contributed by atoms with Gasteiger partial charge in [0.15, 0.2) is 0 Å². The Bertz CT molecular complexity index is 639. The van der Waals surface area contributed by atoms with Gasteiger partial charge in [-0.05, 0) is 48.9 Å². The zero-order chi connectivity index (χ0) is 14.1. The van der Waals surface area contributed by atoms with Gasteiger partial charge in [0.1, 0.15) is 11.9 Å². The summed E-state index contributed by atoms with van der Waals surface area (Å²) in [6.45, 7) is 2.93. The average Bonchev–Trinajstić information content (AvgIpc) is 2.78. The highest BCUT2D eigenvalue weighted by atomic mass is 35.5. The van der Waals surface area contributed by atoms with Crippen LogP contribution in [0.5, 0.6) is 5.75 Å². The lowest BCUT2D eigenvalue weighted by atomic mass is 10.00.